The number of nitrogens with one attached hydrogen (secondary N) is 2. The molecule has 3 aromatic heterocycles. The number of carbonyl (C=O) groups is 3. The number of piperidine rings is 2. The number of aromatic nitrogens is 5. The molecule has 8 rings (SSSR count). The highest BCUT2D eigenvalue weighted by atomic mass is 19.1. The second-order valence-electron chi connectivity index (χ2n) is 14.8. The first-order valence-electron chi connectivity index (χ1n) is 18.6. The lowest BCUT2D eigenvalue weighted by molar-refractivity contribution is -0.135. The van der Waals surface area contributed by atoms with Gasteiger partial charge in [0.2, 0.25) is 5.91 Å². The molecule has 3 amide bonds. The molecule has 14 heteroatoms. The van der Waals surface area contributed by atoms with Gasteiger partial charge in [0.1, 0.15) is 24.0 Å². The molecule has 2 saturated heterocycles. The number of aryl methyl sites for hydroxylation is 1. The Bertz CT molecular complexity index is 2300. The van der Waals surface area contributed by atoms with E-state index >= 15 is 4.39 Å². The number of nitriles is 1. The number of benzene rings is 2. The number of anilines is 1. The number of carbonyl (C=O) groups excluding carboxylic acids is 3. The van der Waals surface area contributed by atoms with E-state index in [1.165, 1.54) is 18.5 Å². The third-order valence-corrected chi connectivity index (χ3v) is 11.4. The fraction of sp³-hybridized carbons (Fsp3) is 0.425. The number of hydrogen-bond donors (Lipinski definition) is 2. The smallest absolute Gasteiger partial charge is 0.257 e. The average molecular weight is 732 g/mol. The number of fused-ring (bicyclic) bond motifs is 2. The Kier molecular flexibility index (Phi) is 9.58. The molecule has 5 aromatic rings. The van der Waals surface area contributed by atoms with Crippen LogP contribution in [0.3, 0.4) is 0 Å². The number of rotatable bonds is 8. The zero-order valence-electron chi connectivity index (χ0n) is 30.3. The molecule has 0 bridgehead atoms. The lowest BCUT2D eigenvalue weighted by Crippen LogP contribution is -2.43. The standard InChI is InChI=1S/C40H42FN9O4/c1-23-38-30(4-3-5-34(38)50(46-23)35-10-11-37(51)45-40(35)53)29-12-13-48(22-31(29)41)20-24-6-8-28(9-7-24)49-21-27-15-33(36(54-2)16-32(27)47-49)44-39(52)26-14-25(17-42)18-43-19-26/h3-5,14-16,18-19,21,24,28-29,31,35H,6-13,20,22H2,1-2H3,(H,44,52)(H,45,51,53)/t24?,28?,29-,31+,35?/m1/s1. The molecule has 1 unspecified atom stereocenters. The number of amides is 3. The normalized spacial score (nSPS) is 23.6. The van der Waals surface area contributed by atoms with Gasteiger partial charge in [-0.2, -0.15) is 15.5 Å². The van der Waals surface area contributed by atoms with Gasteiger partial charge in [0, 0.05) is 60.9 Å². The number of halogens is 1. The number of ether oxygens (including phenoxy) is 1. The number of imide groups is 1. The van der Waals surface area contributed by atoms with E-state index in [-0.39, 0.29) is 35.8 Å². The zero-order chi connectivity index (χ0) is 37.5. The third kappa shape index (κ3) is 6.80. The minimum absolute atomic E-state index is 0.238. The van der Waals surface area contributed by atoms with Gasteiger partial charge in [-0.3, -0.25) is 34.0 Å². The van der Waals surface area contributed by atoms with Gasteiger partial charge in [0.25, 0.3) is 11.8 Å². The molecule has 3 aliphatic rings. The highest BCUT2D eigenvalue weighted by molar-refractivity contribution is 6.06. The molecule has 5 heterocycles. The van der Waals surface area contributed by atoms with Crippen molar-refractivity contribution >= 4 is 45.2 Å². The van der Waals surface area contributed by atoms with Crippen LogP contribution in [0.4, 0.5) is 10.1 Å². The molecule has 2 aliphatic heterocycles. The van der Waals surface area contributed by atoms with E-state index in [1.54, 1.807) is 11.8 Å². The van der Waals surface area contributed by atoms with E-state index in [0.29, 0.717) is 42.3 Å². The van der Waals surface area contributed by atoms with Crippen LogP contribution in [0.25, 0.3) is 21.8 Å². The fourth-order valence-electron chi connectivity index (χ4n) is 8.66. The molecule has 2 aromatic carbocycles. The first kappa shape index (κ1) is 35.4. The van der Waals surface area contributed by atoms with Crippen molar-refractivity contribution in [2.75, 3.05) is 32.1 Å². The van der Waals surface area contributed by atoms with Crippen molar-refractivity contribution < 1.29 is 23.5 Å². The Morgan fingerprint density at radius 1 is 1.09 bits per heavy atom. The highest BCUT2D eigenvalue weighted by Crippen LogP contribution is 2.40. The molecular formula is C40H42FN9O4. The van der Waals surface area contributed by atoms with Gasteiger partial charge >= 0.3 is 0 Å². The predicted octanol–water partition coefficient (Wildman–Crippen LogP) is 5.76. The van der Waals surface area contributed by atoms with Crippen molar-refractivity contribution in [2.45, 2.75) is 76.0 Å². The van der Waals surface area contributed by atoms with Crippen LogP contribution < -0.4 is 15.4 Å². The third-order valence-electron chi connectivity index (χ3n) is 11.4. The maximum absolute atomic E-state index is 16.1. The van der Waals surface area contributed by atoms with Crippen LogP contribution in [-0.2, 0) is 9.59 Å². The van der Waals surface area contributed by atoms with Crippen LogP contribution in [0.2, 0.25) is 0 Å². The molecule has 54 heavy (non-hydrogen) atoms. The molecule has 1 aliphatic carbocycles. The summed E-state index contributed by atoms with van der Waals surface area (Å²) in [6, 6.07) is 12.7. The fourth-order valence-corrected chi connectivity index (χ4v) is 8.66. The minimum Gasteiger partial charge on any atom is -0.494 e. The summed E-state index contributed by atoms with van der Waals surface area (Å²) >= 11 is 0. The Hall–Kier alpha value is -5.68. The lowest BCUT2D eigenvalue weighted by Gasteiger charge is -2.38. The van der Waals surface area contributed by atoms with Crippen LogP contribution in [0.1, 0.15) is 90.1 Å². The van der Waals surface area contributed by atoms with Gasteiger partial charge in [-0.25, -0.2) is 4.39 Å². The molecule has 1 saturated carbocycles. The quantitative estimate of drug-likeness (QED) is 0.189. The summed E-state index contributed by atoms with van der Waals surface area (Å²) in [5.74, 6) is -0.300. The van der Waals surface area contributed by atoms with E-state index in [9.17, 15) is 19.6 Å². The zero-order valence-corrected chi connectivity index (χ0v) is 30.3. The Balaban J connectivity index is 0.885. The lowest BCUT2D eigenvalue weighted by atomic mass is 9.83. The van der Waals surface area contributed by atoms with Crippen LogP contribution >= 0.6 is 0 Å². The first-order valence-corrected chi connectivity index (χ1v) is 18.6. The van der Waals surface area contributed by atoms with E-state index in [0.717, 1.165) is 71.8 Å². The molecule has 3 fully saturated rings. The molecule has 3 atom stereocenters. The number of methoxy groups -OCH3 is 1. The summed E-state index contributed by atoms with van der Waals surface area (Å²) in [6.45, 7) is 3.97. The van der Waals surface area contributed by atoms with Crippen molar-refractivity contribution in [2.24, 2.45) is 5.92 Å². The molecular weight excluding hydrogens is 689 g/mol. The summed E-state index contributed by atoms with van der Waals surface area (Å²) in [5.41, 5.74) is 4.37. The van der Waals surface area contributed by atoms with Gasteiger partial charge in [0.05, 0.1) is 46.7 Å². The Morgan fingerprint density at radius 2 is 1.93 bits per heavy atom. The van der Waals surface area contributed by atoms with E-state index < -0.39 is 18.1 Å². The van der Waals surface area contributed by atoms with Gasteiger partial charge in [-0.05, 0) is 81.7 Å². The number of nitrogens with zero attached hydrogens (tertiary/aromatic N) is 7. The van der Waals surface area contributed by atoms with Crippen LogP contribution in [0.5, 0.6) is 5.75 Å². The summed E-state index contributed by atoms with van der Waals surface area (Å²) < 4.78 is 25.4. The van der Waals surface area contributed by atoms with Crippen LogP contribution in [0, 0.1) is 24.2 Å². The maximum atomic E-state index is 16.1. The average Bonchev–Trinajstić information content (AvgIpc) is 3.75. The molecule has 2 N–H and O–H groups in total. The monoisotopic (exact) mass is 731 g/mol. The maximum Gasteiger partial charge on any atom is 0.257 e. The van der Waals surface area contributed by atoms with Gasteiger partial charge in [-0.1, -0.05) is 12.1 Å². The van der Waals surface area contributed by atoms with Crippen molar-refractivity contribution in [1.82, 2.24) is 34.8 Å². The minimum atomic E-state index is -1.03. The number of alkyl halides is 1. The molecule has 278 valence electrons. The molecule has 0 spiro atoms. The van der Waals surface area contributed by atoms with Crippen molar-refractivity contribution in [3.63, 3.8) is 0 Å². The van der Waals surface area contributed by atoms with Gasteiger partial charge in [0.15, 0.2) is 0 Å². The van der Waals surface area contributed by atoms with Gasteiger partial charge in [-0.15, -0.1) is 0 Å². The van der Waals surface area contributed by atoms with Crippen molar-refractivity contribution in [3.8, 4) is 11.8 Å². The van der Waals surface area contributed by atoms with E-state index in [4.69, 9.17) is 14.9 Å². The summed E-state index contributed by atoms with van der Waals surface area (Å²) in [7, 11) is 1.54. The van der Waals surface area contributed by atoms with Crippen molar-refractivity contribution in [1.29, 1.82) is 5.26 Å². The molecule has 0 radical (unpaired) electrons. The largest absolute Gasteiger partial charge is 0.494 e. The summed E-state index contributed by atoms with van der Waals surface area (Å²) in [6.07, 6.45) is 9.16. The second-order valence-corrected chi connectivity index (χ2v) is 14.8. The Morgan fingerprint density at radius 3 is 2.69 bits per heavy atom. The van der Waals surface area contributed by atoms with E-state index in [2.05, 4.69) is 20.5 Å². The number of likely N-dealkylation sites (tertiary alicyclic amines) is 1. The number of pyridine rings is 1. The SMILES string of the molecule is COc1cc2nn(C3CCC(CN4CC[C@H](c5cccc6c5c(C)nn6C5CCC(=O)NC5=O)[C@@H](F)C4)CC3)cc2cc1NC(=O)c1cncc(C#N)c1. The van der Waals surface area contributed by atoms with Gasteiger partial charge < -0.3 is 15.0 Å². The predicted molar refractivity (Wildman–Crippen MR) is 199 cm³/mol. The molecule has 13 nitrogen and oxygen atoms in total. The Labute approximate surface area is 311 Å². The van der Waals surface area contributed by atoms with E-state index in [1.807, 2.05) is 54.2 Å². The van der Waals surface area contributed by atoms with Crippen LogP contribution in [0.15, 0.2) is 55.0 Å². The second kappa shape index (κ2) is 14.6. The van der Waals surface area contributed by atoms with Crippen molar-refractivity contribution in [3.05, 3.63) is 77.4 Å². The first-order chi connectivity index (χ1) is 26.2. The summed E-state index contributed by atoms with van der Waals surface area (Å²) in [4.78, 5) is 43.6. The number of hydrogen-bond acceptors (Lipinski definition) is 9. The highest BCUT2D eigenvalue weighted by Gasteiger charge is 2.36. The summed E-state index contributed by atoms with van der Waals surface area (Å²) in [5, 5.41) is 25.9. The topological polar surface area (TPSA) is 160 Å². The van der Waals surface area contributed by atoms with Crippen LogP contribution in [-0.4, -0.2) is 80.1 Å².